The molecule has 0 saturated carbocycles. The average molecular weight is 154 g/mol. The predicted octanol–water partition coefficient (Wildman–Crippen LogP) is 1.52. The van der Waals surface area contributed by atoms with Crippen LogP contribution in [0.2, 0.25) is 0 Å². The summed E-state index contributed by atoms with van der Waals surface area (Å²) in [7, 11) is 1.85. The molecular formula is C7H10N2S. The van der Waals surface area contributed by atoms with Gasteiger partial charge in [0.05, 0.1) is 9.88 Å². The lowest BCUT2D eigenvalue weighted by Crippen LogP contribution is -2.00. The second-order valence-electron chi connectivity index (χ2n) is 1.93. The van der Waals surface area contributed by atoms with Gasteiger partial charge in [-0.15, -0.1) is 11.3 Å². The fourth-order valence-corrected chi connectivity index (χ4v) is 1.39. The van der Waals surface area contributed by atoms with E-state index < -0.39 is 0 Å². The van der Waals surface area contributed by atoms with Crippen molar-refractivity contribution < 1.29 is 0 Å². The molecule has 0 aliphatic carbocycles. The molecule has 0 saturated heterocycles. The first kappa shape index (κ1) is 7.15. The van der Waals surface area contributed by atoms with Crippen molar-refractivity contribution in [2.45, 2.75) is 0 Å². The number of thiophene rings is 1. The van der Waals surface area contributed by atoms with Gasteiger partial charge in [0.2, 0.25) is 0 Å². The third-order valence-corrected chi connectivity index (χ3v) is 2.20. The number of anilines is 1. The minimum atomic E-state index is 0.825. The highest BCUT2D eigenvalue weighted by atomic mass is 32.1. The molecule has 0 aliphatic rings. The van der Waals surface area contributed by atoms with Crippen LogP contribution in [0.25, 0.3) is 5.70 Å². The van der Waals surface area contributed by atoms with Crippen molar-refractivity contribution in [2.24, 2.45) is 0 Å². The van der Waals surface area contributed by atoms with Crippen LogP contribution in [0.5, 0.6) is 0 Å². The Morgan fingerprint density at radius 2 is 2.40 bits per heavy atom. The van der Waals surface area contributed by atoms with Gasteiger partial charge in [-0.3, -0.25) is 0 Å². The van der Waals surface area contributed by atoms with E-state index in [0.717, 1.165) is 15.6 Å². The Bertz CT molecular complexity index is 240. The minimum absolute atomic E-state index is 0.825. The Morgan fingerprint density at radius 1 is 1.70 bits per heavy atom. The lowest BCUT2D eigenvalue weighted by atomic mass is 10.4. The normalized spacial score (nSPS) is 9.30. The zero-order valence-corrected chi connectivity index (χ0v) is 6.66. The first-order valence-electron chi connectivity index (χ1n) is 2.96. The van der Waals surface area contributed by atoms with Gasteiger partial charge in [-0.1, -0.05) is 6.58 Å². The van der Waals surface area contributed by atoms with Crippen molar-refractivity contribution in [3.05, 3.63) is 23.6 Å². The Balaban J connectivity index is 2.85. The molecule has 0 spiro atoms. The number of hydrogen-bond donors (Lipinski definition) is 2. The van der Waals surface area contributed by atoms with Gasteiger partial charge in [0.15, 0.2) is 0 Å². The maximum atomic E-state index is 5.52. The van der Waals surface area contributed by atoms with Crippen LogP contribution in [0.4, 0.5) is 5.00 Å². The lowest BCUT2D eigenvalue weighted by Gasteiger charge is -1.97. The predicted molar refractivity (Wildman–Crippen MR) is 46.8 cm³/mol. The van der Waals surface area contributed by atoms with Crippen molar-refractivity contribution in [1.29, 1.82) is 0 Å². The topological polar surface area (TPSA) is 38.0 Å². The van der Waals surface area contributed by atoms with E-state index in [1.54, 1.807) is 0 Å². The van der Waals surface area contributed by atoms with Crippen LogP contribution in [-0.2, 0) is 0 Å². The van der Waals surface area contributed by atoms with E-state index in [2.05, 4.69) is 11.9 Å². The molecule has 1 rings (SSSR count). The second-order valence-corrected chi connectivity index (χ2v) is 3.05. The van der Waals surface area contributed by atoms with Gasteiger partial charge in [0.1, 0.15) is 0 Å². The second kappa shape index (κ2) is 2.75. The average Bonchev–Trinajstić information content (AvgIpc) is 2.34. The number of nitrogens with one attached hydrogen (secondary N) is 1. The summed E-state index contributed by atoms with van der Waals surface area (Å²) < 4.78 is 0. The molecule has 0 unspecified atom stereocenters. The molecule has 1 heterocycles. The highest BCUT2D eigenvalue weighted by molar-refractivity contribution is 7.16. The first-order valence-corrected chi connectivity index (χ1v) is 3.78. The fourth-order valence-electron chi connectivity index (χ4n) is 0.638. The van der Waals surface area contributed by atoms with E-state index in [9.17, 15) is 0 Å². The quantitative estimate of drug-likeness (QED) is 0.677. The van der Waals surface area contributed by atoms with Gasteiger partial charge in [0.25, 0.3) is 0 Å². The monoisotopic (exact) mass is 154 g/mol. The molecule has 1 aromatic rings. The van der Waals surface area contributed by atoms with Crippen LogP contribution in [0.15, 0.2) is 18.7 Å². The van der Waals surface area contributed by atoms with Crippen molar-refractivity contribution in [1.82, 2.24) is 5.32 Å². The maximum absolute atomic E-state index is 5.52. The van der Waals surface area contributed by atoms with E-state index in [-0.39, 0.29) is 0 Å². The van der Waals surface area contributed by atoms with E-state index in [0.29, 0.717) is 0 Å². The van der Waals surface area contributed by atoms with Crippen molar-refractivity contribution in [3.63, 3.8) is 0 Å². The number of rotatable bonds is 2. The maximum Gasteiger partial charge on any atom is 0.0863 e. The summed E-state index contributed by atoms with van der Waals surface area (Å²) in [6.07, 6.45) is 0. The minimum Gasteiger partial charge on any atom is -0.391 e. The van der Waals surface area contributed by atoms with Crippen LogP contribution in [-0.4, -0.2) is 7.05 Å². The van der Waals surface area contributed by atoms with E-state index >= 15 is 0 Å². The Morgan fingerprint density at radius 3 is 2.80 bits per heavy atom. The van der Waals surface area contributed by atoms with Gasteiger partial charge in [0, 0.05) is 12.7 Å². The molecule has 0 aromatic carbocycles. The number of hydrogen-bond acceptors (Lipinski definition) is 3. The molecular weight excluding hydrogens is 144 g/mol. The van der Waals surface area contributed by atoms with Crippen molar-refractivity contribution in [3.8, 4) is 0 Å². The molecule has 2 nitrogen and oxygen atoms in total. The Labute approximate surface area is 64.4 Å². The Kier molecular flexibility index (Phi) is 1.97. The molecule has 3 N–H and O–H groups in total. The summed E-state index contributed by atoms with van der Waals surface area (Å²) in [5.74, 6) is 0. The molecule has 1 aromatic heterocycles. The zero-order chi connectivity index (χ0) is 7.56. The highest BCUT2D eigenvalue weighted by Crippen LogP contribution is 2.22. The Hall–Kier alpha value is -0.960. The fraction of sp³-hybridized carbons (Fsp3) is 0.143. The van der Waals surface area contributed by atoms with E-state index in [1.165, 1.54) is 11.3 Å². The van der Waals surface area contributed by atoms with Gasteiger partial charge in [-0.2, -0.15) is 0 Å². The van der Waals surface area contributed by atoms with E-state index in [1.807, 2.05) is 19.2 Å². The SMILES string of the molecule is C=C(NC)c1ccc(N)s1. The lowest BCUT2D eigenvalue weighted by molar-refractivity contribution is 1.14. The first-order chi connectivity index (χ1) is 4.74. The van der Waals surface area contributed by atoms with Gasteiger partial charge in [-0.05, 0) is 12.1 Å². The van der Waals surface area contributed by atoms with Gasteiger partial charge >= 0.3 is 0 Å². The van der Waals surface area contributed by atoms with Crippen LogP contribution >= 0.6 is 11.3 Å². The number of nitrogen functional groups attached to an aromatic ring is 1. The molecule has 0 aliphatic heterocycles. The van der Waals surface area contributed by atoms with Gasteiger partial charge < -0.3 is 11.1 Å². The molecule has 10 heavy (non-hydrogen) atoms. The smallest absolute Gasteiger partial charge is 0.0863 e. The highest BCUT2D eigenvalue weighted by Gasteiger charge is 1.97. The summed E-state index contributed by atoms with van der Waals surface area (Å²) in [5.41, 5.74) is 6.44. The molecule has 0 amide bonds. The molecule has 54 valence electrons. The zero-order valence-electron chi connectivity index (χ0n) is 5.85. The summed E-state index contributed by atoms with van der Waals surface area (Å²) in [6.45, 7) is 3.80. The van der Waals surface area contributed by atoms with Crippen LogP contribution < -0.4 is 11.1 Å². The molecule has 0 bridgehead atoms. The van der Waals surface area contributed by atoms with Crippen LogP contribution in [0.3, 0.4) is 0 Å². The molecule has 3 heteroatoms. The van der Waals surface area contributed by atoms with Crippen LogP contribution in [0, 0.1) is 0 Å². The third-order valence-electron chi connectivity index (χ3n) is 1.23. The summed E-state index contributed by atoms with van der Waals surface area (Å²) in [4.78, 5) is 1.10. The van der Waals surface area contributed by atoms with Crippen molar-refractivity contribution in [2.75, 3.05) is 12.8 Å². The summed E-state index contributed by atoms with van der Waals surface area (Å²) in [5, 5.41) is 3.78. The van der Waals surface area contributed by atoms with E-state index in [4.69, 9.17) is 5.73 Å². The van der Waals surface area contributed by atoms with Gasteiger partial charge in [-0.25, -0.2) is 0 Å². The standard InChI is InChI=1S/C7H10N2S/c1-5(9-2)6-3-4-7(8)10-6/h3-4,9H,1,8H2,2H3. The molecule has 0 atom stereocenters. The summed E-state index contributed by atoms with van der Waals surface area (Å²) >= 11 is 1.54. The van der Waals surface area contributed by atoms with Crippen LogP contribution in [0.1, 0.15) is 4.88 Å². The molecule has 0 fully saturated rings. The summed E-state index contributed by atoms with van der Waals surface area (Å²) in [6, 6.07) is 3.83. The van der Waals surface area contributed by atoms with Crippen molar-refractivity contribution >= 4 is 22.0 Å². The number of nitrogens with two attached hydrogens (primary N) is 1. The largest absolute Gasteiger partial charge is 0.391 e. The molecule has 0 radical (unpaired) electrons. The third kappa shape index (κ3) is 1.30.